The minimum absolute atomic E-state index is 0.0226. The van der Waals surface area contributed by atoms with Crippen molar-refractivity contribution in [2.75, 3.05) is 5.32 Å². The number of aromatic nitrogens is 2. The molecule has 0 bridgehead atoms. The molecule has 1 aliphatic heterocycles. The number of carbonyl (C=O) groups is 2. The van der Waals surface area contributed by atoms with E-state index in [1.54, 1.807) is 26.4 Å². The van der Waals surface area contributed by atoms with Gasteiger partial charge in [0.25, 0.3) is 5.56 Å². The van der Waals surface area contributed by atoms with Crippen molar-refractivity contribution in [2.24, 2.45) is 12.0 Å². The maximum absolute atomic E-state index is 13.4. The summed E-state index contributed by atoms with van der Waals surface area (Å²) >= 11 is 1.25. The molecule has 188 valence electrons. The first-order valence-electron chi connectivity index (χ1n) is 12.1. The number of rotatable bonds is 8. The van der Waals surface area contributed by atoms with E-state index >= 15 is 0 Å². The second-order valence-electron chi connectivity index (χ2n) is 8.88. The summed E-state index contributed by atoms with van der Waals surface area (Å²) in [7, 11) is 1.81. The van der Waals surface area contributed by atoms with Crippen LogP contribution in [-0.2, 0) is 16.6 Å². The molecule has 0 radical (unpaired) electrons. The molecule has 8 nitrogen and oxygen atoms in total. The number of nitrogens with zero attached hydrogens (tertiary/aromatic N) is 4. The molecule has 9 heteroatoms. The molecule has 0 unspecified atom stereocenters. The van der Waals surface area contributed by atoms with Crippen LogP contribution >= 0.6 is 11.8 Å². The first kappa shape index (κ1) is 25.5. The number of anilines is 1. The van der Waals surface area contributed by atoms with Gasteiger partial charge in [0.15, 0.2) is 10.9 Å². The van der Waals surface area contributed by atoms with Crippen LogP contribution in [0.3, 0.4) is 0 Å². The van der Waals surface area contributed by atoms with E-state index in [0.717, 1.165) is 18.5 Å². The predicted molar refractivity (Wildman–Crippen MR) is 145 cm³/mol. The fraction of sp³-hybridized carbons (Fsp3) is 0.333. The largest absolute Gasteiger partial charge is 0.326 e. The van der Waals surface area contributed by atoms with Crippen LogP contribution in [-0.4, -0.2) is 42.5 Å². The molecule has 2 aromatic carbocycles. The Labute approximate surface area is 215 Å². The lowest BCUT2D eigenvalue weighted by Gasteiger charge is -2.24. The van der Waals surface area contributed by atoms with Gasteiger partial charge in [-0.25, -0.2) is 9.67 Å². The maximum atomic E-state index is 13.4. The number of carbonyl (C=O) groups excluding carboxylic acids is 2. The van der Waals surface area contributed by atoms with Crippen LogP contribution in [0.2, 0.25) is 0 Å². The number of nitrogens with one attached hydrogen (secondary N) is 1. The molecule has 1 aliphatic rings. The Morgan fingerprint density at radius 1 is 1.08 bits per heavy atom. The summed E-state index contributed by atoms with van der Waals surface area (Å²) in [5.74, 6) is -0.390. The normalized spacial score (nSPS) is 17.6. The van der Waals surface area contributed by atoms with Crippen molar-refractivity contribution in [2.45, 2.75) is 51.3 Å². The Hall–Kier alpha value is -3.59. The second kappa shape index (κ2) is 11.0. The van der Waals surface area contributed by atoms with Crippen molar-refractivity contribution in [3.8, 4) is 5.69 Å². The van der Waals surface area contributed by atoms with Crippen LogP contribution in [0.4, 0.5) is 11.4 Å². The molecule has 0 aliphatic carbocycles. The molecule has 4 rings (SSSR count). The summed E-state index contributed by atoms with van der Waals surface area (Å²) in [4.78, 5) is 45.9. The van der Waals surface area contributed by atoms with Crippen LogP contribution in [0.1, 0.15) is 38.8 Å². The van der Waals surface area contributed by atoms with Gasteiger partial charge >= 0.3 is 0 Å². The summed E-state index contributed by atoms with van der Waals surface area (Å²) in [6, 6.07) is 18.4. The van der Waals surface area contributed by atoms with Crippen LogP contribution in [0.5, 0.6) is 0 Å². The maximum Gasteiger partial charge on any atom is 0.297 e. The number of amides is 2. The lowest BCUT2D eigenvalue weighted by molar-refractivity contribution is -0.129. The highest BCUT2D eigenvalue weighted by molar-refractivity contribution is 8.15. The molecule has 2 heterocycles. The van der Waals surface area contributed by atoms with Crippen molar-refractivity contribution < 1.29 is 9.59 Å². The fourth-order valence-electron chi connectivity index (χ4n) is 4.33. The van der Waals surface area contributed by atoms with Crippen molar-refractivity contribution in [1.82, 2.24) is 14.3 Å². The van der Waals surface area contributed by atoms with E-state index in [1.807, 2.05) is 69.4 Å². The van der Waals surface area contributed by atoms with E-state index in [4.69, 9.17) is 4.99 Å². The zero-order valence-corrected chi connectivity index (χ0v) is 21.8. The zero-order chi connectivity index (χ0) is 25.8. The molecule has 3 aromatic rings. The van der Waals surface area contributed by atoms with Gasteiger partial charge in [0.05, 0.1) is 11.4 Å². The van der Waals surface area contributed by atoms with Crippen molar-refractivity contribution in [3.63, 3.8) is 0 Å². The third-order valence-electron chi connectivity index (χ3n) is 6.27. The average Bonchev–Trinajstić information content (AvgIpc) is 3.28. The Bertz CT molecular complexity index is 1330. The molecule has 0 saturated carbocycles. The van der Waals surface area contributed by atoms with E-state index in [2.05, 4.69) is 12.2 Å². The molecule has 2 amide bonds. The number of hydrogen-bond donors (Lipinski definition) is 1. The number of hydrogen-bond acceptors (Lipinski definition) is 5. The highest BCUT2D eigenvalue weighted by Crippen LogP contribution is 2.34. The van der Waals surface area contributed by atoms with E-state index in [9.17, 15) is 14.4 Å². The smallest absolute Gasteiger partial charge is 0.297 e. The van der Waals surface area contributed by atoms with E-state index in [-0.39, 0.29) is 29.8 Å². The van der Waals surface area contributed by atoms with Crippen LogP contribution in [0.25, 0.3) is 5.69 Å². The van der Waals surface area contributed by atoms with E-state index in [1.165, 1.54) is 11.8 Å². The van der Waals surface area contributed by atoms with Crippen molar-refractivity contribution >= 4 is 40.1 Å². The molecule has 36 heavy (non-hydrogen) atoms. The lowest BCUT2D eigenvalue weighted by Crippen LogP contribution is -2.40. The minimum atomic E-state index is -0.605. The van der Waals surface area contributed by atoms with Crippen LogP contribution in [0.15, 0.2) is 70.5 Å². The van der Waals surface area contributed by atoms with E-state index < -0.39 is 5.25 Å². The number of aliphatic imine (C=N–C) groups is 1. The second-order valence-corrected chi connectivity index (χ2v) is 10.0. The van der Waals surface area contributed by atoms with Gasteiger partial charge in [0.1, 0.15) is 5.25 Å². The summed E-state index contributed by atoms with van der Waals surface area (Å²) in [5.41, 5.74) is 2.15. The van der Waals surface area contributed by atoms with Crippen LogP contribution in [0, 0.1) is 6.92 Å². The Kier molecular flexibility index (Phi) is 7.79. The third-order valence-corrected chi connectivity index (χ3v) is 7.43. The molecule has 2 atom stereocenters. The fourth-order valence-corrected chi connectivity index (χ4v) is 5.56. The lowest BCUT2D eigenvalue weighted by atomic mass is 10.1. The highest BCUT2D eigenvalue weighted by Gasteiger charge is 2.41. The third kappa shape index (κ3) is 5.16. The quantitative estimate of drug-likeness (QED) is 0.483. The molecule has 1 aromatic heterocycles. The standard InChI is InChI=1S/C27H31N5O3S/c1-5-12-18(2)31-25(34)22(17-23(33)28-20-13-8-6-9-14-20)36-27(31)29-24-19(3)30(4)32(26(24)35)21-15-10-7-11-16-21/h6-11,13-16,18,22H,5,12,17H2,1-4H3,(H,28,33)/t18-,22-/m0/s1. The monoisotopic (exact) mass is 505 g/mol. The molecular weight excluding hydrogens is 474 g/mol. The molecule has 1 fully saturated rings. The molecular formula is C27H31N5O3S. The van der Waals surface area contributed by atoms with Gasteiger partial charge in [-0.2, -0.15) is 0 Å². The van der Waals surface area contributed by atoms with Gasteiger partial charge in [-0.1, -0.05) is 61.5 Å². The predicted octanol–water partition coefficient (Wildman–Crippen LogP) is 4.63. The Morgan fingerprint density at radius 3 is 2.36 bits per heavy atom. The summed E-state index contributed by atoms with van der Waals surface area (Å²) < 4.78 is 3.34. The first-order chi connectivity index (χ1) is 17.3. The Balaban J connectivity index is 1.66. The number of benzene rings is 2. The average molecular weight is 506 g/mol. The molecule has 0 spiro atoms. The van der Waals surface area contributed by atoms with Gasteiger partial charge in [0, 0.05) is 25.2 Å². The zero-order valence-electron chi connectivity index (χ0n) is 21.0. The van der Waals surface area contributed by atoms with Gasteiger partial charge in [-0.05, 0) is 44.5 Å². The van der Waals surface area contributed by atoms with E-state index in [0.29, 0.717) is 22.2 Å². The molecule has 1 saturated heterocycles. The van der Waals surface area contributed by atoms with Gasteiger partial charge < -0.3 is 5.32 Å². The van der Waals surface area contributed by atoms with Crippen molar-refractivity contribution in [1.29, 1.82) is 0 Å². The summed E-state index contributed by atoms with van der Waals surface area (Å²) in [6.45, 7) is 5.88. The number of amidine groups is 1. The SMILES string of the molecule is CCC[C@H](C)N1C(=O)[C@H](CC(=O)Nc2ccccc2)SC1=Nc1c(C)n(C)n(-c2ccccc2)c1=O. The number of thioether (sulfide) groups is 1. The van der Waals surface area contributed by atoms with Crippen molar-refractivity contribution in [3.05, 3.63) is 76.7 Å². The topological polar surface area (TPSA) is 88.7 Å². The Morgan fingerprint density at radius 2 is 1.72 bits per heavy atom. The number of para-hydroxylation sites is 2. The first-order valence-corrected chi connectivity index (χ1v) is 13.0. The van der Waals surface area contributed by atoms with Gasteiger partial charge in [0.2, 0.25) is 11.8 Å². The van der Waals surface area contributed by atoms with Crippen LogP contribution < -0.4 is 10.9 Å². The van der Waals surface area contributed by atoms with Gasteiger partial charge in [-0.15, -0.1) is 0 Å². The molecule has 1 N–H and O–H groups in total. The minimum Gasteiger partial charge on any atom is -0.326 e. The summed E-state index contributed by atoms with van der Waals surface area (Å²) in [5, 5.41) is 2.71. The summed E-state index contributed by atoms with van der Waals surface area (Å²) in [6.07, 6.45) is 1.71. The highest BCUT2D eigenvalue weighted by atomic mass is 32.2. The van der Waals surface area contributed by atoms with Gasteiger partial charge in [-0.3, -0.25) is 24.0 Å².